The summed E-state index contributed by atoms with van der Waals surface area (Å²) in [4.78, 5) is 13.6. The lowest BCUT2D eigenvalue weighted by molar-refractivity contribution is -0.386. The lowest BCUT2D eigenvalue weighted by Gasteiger charge is -2.08. The van der Waals surface area contributed by atoms with Gasteiger partial charge in [0.05, 0.1) is 4.92 Å². The van der Waals surface area contributed by atoms with Gasteiger partial charge in [0.2, 0.25) is 5.13 Å². The summed E-state index contributed by atoms with van der Waals surface area (Å²) < 4.78 is 30.5. The molecule has 0 radical (unpaired) electrons. The van der Waals surface area contributed by atoms with E-state index in [1.165, 1.54) is 12.1 Å². The summed E-state index contributed by atoms with van der Waals surface area (Å²) in [5.74, 6) is 5.56. The molecule has 2 rings (SSSR count). The molecule has 4 N–H and O–H groups in total. The average Bonchev–Trinajstić information content (AvgIpc) is 2.82. The van der Waals surface area contributed by atoms with Crippen molar-refractivity contribution in [3.63, 3.8) is 0 Å². The molecule has 0 bridgehead atoms. The number of rotatable bonds is 5. The molecule has 2 aromatic rings. The van der Waals surface area contributed by atoms with Crippen LogP contribution in [0.4, 0.5) is 16.5 Å². The highest BCUT2D eigenvalue weighted by molar-refractivity contribution is 7.93. The van der Waals surface area contributed by atoms with Crippen molar-refractivity contribution in [2.75, 3.05) is 10.1 Å². The molecule has 1 aromatic heterocycles. The highest BCUT2D eigenvalue weighted by atomic mass is 32.2. The molecule has 0 atom stereocenters. The Labute approximate surface area is 123 Å². The average molecular weight is 330 g/mol. The van der Waals surface area contributed by atoms with Crippen LogP contribution in [0.15, 0.2) is 23.1 Å². The summed E-state index contributed by atoms with van der Waals surface area (Å²) in [6, 6.07) is 3.74. The lowest BCUT2D eigenvalue weighted by atomic mass is 10.3. The molecule has 10 nitrogen and oxygen atoms in total. The van der Waals surface area contributed by atoms with Gasteiger partial charge in [-0.2, -0.15) is 4.37 Å². The van der Waals surface area contributed by atoms with Crippen molar-refractivity contribution in [1.29, 1.82) is 0 Å². The standard InChI is InChI=1S/C9H10N6O4S2/c1-5-11-9(20-13-5)14-21(18,19)7-4-2-3-6(12-10)8(7)15(16)17/h2-4,12H,10H2,1H3,(H,11,13,14). The maximum atomic E-state index is 12.3. The fraction of sp³-hybridized carbons (Fsp3) is 0.111. The highest BCUT2D eigenvalue weighted by Gasteiger charge is 2.29. The fourth-order valence-corrected chi connectivity index (χ4v) is 3.55. The fourth-order valence-electron chi connectivity index (χ4n) is 1.55. The Morgan fingerprint density at radius 1 is 1.43 bits per heavy atom. The van der Waals surface area contributed by atoms with Gasteiger partial charge in [-0.15, -0.1) is 0 Å². The quantitative estimate of drug-likeness (QED) is 0.414. The number of nitrogen functional groups attached to an aromatic ring is 1. The first-order valence-electron chi connectivity index (χ1n) is 5.42. The molecule has 0 spiro atoms. The van der Waals surface area contributed by atoms with Crippen LogP contribution in [0.5, 0.6) is 0 Å². The Balaban J connectivity index is 2.52. The predicted molar refractivity (Wildman–Crippen MR) is 76.4 cm³/mol. The van der Waals surface area contributed by atoms with Gasteiger partial charge in [-0.05, 0) is 19.1 Å². The van der Waals surface area contributed by atoms with Crippen molar-refractivity contribution in [3.8, 4) is 0 Å². The second-order valence-electron chi connectivity index (χ2n) is 3.81. The second-order valence-corrected chi connectivity index (χ2v) is 6.21. The zero-order valence-electron chi connectivity index (χ0n) is 10.6. The van der Waals surface area contributed by atoms with Crippen LogP contribution >= 0.6 is 11.5 Å². The third kappa shape index (κ3) is 3.07. The molecule has 0 aliphatic heterocycles. The van der Waals surface area contributed by atoms with Gasteiger partial charge in [0.25, 0.3) is 10.0 Å². The van der Waals surface area contributed by atoms with Crippen LogP contribution in [0.3, 0.4) is 0 Å². The number of nitro benzene ring substituents is 1. The number of para-hydroxylation sites is 1. The number of sulfonamides is 1. The van der Waals surface area contributed by atoms with E-state index in [-0.39, 0.29) is 10.8 Å². The van der Waals surface area contributed by atoms with E-state index in [2.05, 4.69) is 19.5 Å². The molecule has 0 unspecified atom stereocenters. The molecule has 0 saturated carbocycles. The van der Waals surface area contributed by atoms with Crippen molar-refractivity contribution in [1.82, 2.24) is 9.36 Å². The summed E-state index contributed by atoms with van der Waals surface area (Å²) in [5, 5.41) is 11.1. The SMILES string of the molecule is Cc1nsc(NS(=O)(=O)c2cccc(NN)c2[N+](=O)[O-])n1. The summed E-state index contributed by atoms with van der Waals surface area (Å²) in [6.45, 7) is 1.59. The number of hydrogen-bond donors (Lipinski definition) is 3. The monoisotopic (exact) mass is 330 g/mol. The zero-order chi connectivity index (χ0) is 15.6. The number of anilines is 2. The van der Waals surface area contributed by atoms with Crippen LogP contribution in [0, 0.1) is 17.0 Å². The third-order valence-corrected chi connectivity index (χ3v) is 4.60. The Morgan fingerprint density at radius 2 is 2.14 bits per heavy atom. The molecular formula is C9H10N6O4S2. The lowest BCUT2D eigenvalue weighted by Crippen LogP contribution is -2.17. The summed E-state index contributed by atoms with van der Waals surface area (Å²) in [7, 11) is -4.19. The molecule has 0 aliphatic carbocycles. The predicted octanol–water partition coefficient (Wildman–Crippen LogP) is 0.841. The summed E-state index contributed by atoms with van der Waals surface area (Å²) >= 11 is 0.834. The molecule has 0 fully saturated rings. The smallest absolute Gasteiger partial charge is 0.314 e. The van der Waals surface area contributed by atoms with E-state index in [0.29, 0.717) is 5.82 Å². The van der Waals surface area contributed by atoms with Crippen LogP contribution in [-0.4, -0.2) is 22.7 Å². The van der Waals surface area contributed by atoms with E-state index in [9.17, 15) is 18.5 Å². The number of nitrogens with zero attached hydrogens (tertiary/aromatic N) is 3. The molecule has 112 valence electrons. The van der Waals surface area contributed by atoms with Crippen molar-refractivity contribution in [3.05, 3.63) is 34.1 Å². The first-order chi connectivity index (χ1) is 9.85. The molecule has 0 aliphatic rings. The van der Waals surface area contributed by atoms with E-state index in [1.807, 2.05) is 0 Å². The van der Waals surface area contributed by atoms with E-state index in [4.69, 9.17) is 5.84 Å². The molecular weight excluding hydrogens is 320 g/mol. The maximum Gasteiger partial charge on any atom is 0.314 e. The number of benzene rings is 1. The minimum atomic E-state index is -4.19. The van der Waals surface area contributed by atoms with Crippen molar-refractivity contribution < 1.29 is 13.3 Å². The second kappa shape index (κ2) is 5.59. The normalized spacial score (nSPS) is 11.1. The molecule has 1 aromatic carbocycles. The summed E-state index contributed by atoms with van der Waals surface area (Å²) in [5.41, 5.74) is 1.34. The van der Waals surface area contributed by atoms with E-state index in [1.54, 1.807) is 6.92 Å². The minimum absolute atomic E-state index is 0.0212. The Morgan fingerprint density at radius 3 is 2.67 bits per heavy atom. The number of nitrogens with one attached hydrogen (secondary N) is 2. The largest absolute Gasteiger partial charge is 0.318 e. The van der Waals surface area contributed by atoms with Gasteiger partial charge in [0.1, 0.15) is 11.5 Å². The van der Waals surface area contributed by atoms with Crippen LogP contribution in [0.2, 0.25) is 0 Å². The molecule has 1 heterocycles. The highest BCUT2D eigenvalue weighted by Crippen LogP contribution is 2.32. The van der Waals surface area contributed by atoms with Gasteiger partial charge >= 0.3 is 5.69 Å². The minimum Gasteiger partial charge on any atom is -0.318 e. The summed E-state index contributed by atoms with van der Waals surface area (Å²) in [6.07, 6.45) is 0. The number of nitro groups is 1. The van der Waals surface area contributed by atoms with Crippen LogP contribution in [0.1, 0.15) is 5.82 Å². The van der Waals surface area contributed by atoms with Crippen molar-refractivity contribution in [2.24, 2.45) is 5.84 Å². The number of hydrazine groups is 1. The van der Waals surface area contributed by atoms with Gasteiger partial charge in [0, 0.05) is 11.5 Å². The van der Waals surface area contributed by atoms with Gasteiger partial charge in [-0.25, -0.2) is 13.4 Å². The Bertz CT molecular complexity index is 787. The van der Waals surface area contributed by atoms with Gasteiger partial charge in [-0.3, -0.25) is 20.7 Å². The van der Waals surface area contributed by atoms with E-state index < -0.39 is 25.5 Å². The molecule has 21 heavy (non-hydrogen) atoms. The number of nitrogens with two attached hydrogens (primary N) is 1. The number of aromatic nitrogens is 2. The molecule has 0 saturated heterocycles. The maximum absolute atomic E-state index is 12.3. The first-order valence-corrected chi connectivity index (χ1v) is 7.68. The van der Waals surface area contributed by atoms with Gasteiger partial charge in [0.15, 0.2) is 4.90 Å². The van der Waals surface area contributed by atoms with Gasteiger partial charge in [-0.1, -0.05) is 6.07 Å². The van der Waals surface area contributed by atoms with E-state index in [0.717, 1.165) is 17.6 Å². The van der Waals surface area contributed by atoms with Crippen molar-refractivity contribution >= 4 is 38.1 Å². The number of hydrogen-bond acceptors (Lipinski definition) is 9. The number of aryl methyl sites for hydroxylation is 1. The molecule has 12 heteroatoms. The topological polar surface area (TPSA) is 153 Å². The van der Waals surface area contributed by atoms with Crippen LogP contribution in [0.25, 0.3) is 0 Å². The van der Waals surface area contributed by atoms with Crippen LogP contribution in [-0.2, 0) is 10.0 Å². The van der Waals surface area contributed by atoms with Crippen LogP contribution < -0.4 is 16.0 Å². The van der Waals surface area contributed by atoms with Crippen molar-refractivity contribution in [2.45, 2.75) is 11.8 Å². The Hall–Kier alpha value is -2.31. The van der Waals surface area contributed by atoms with Gasteiger partial charge < -0.3 is 5.43 Å². The van der Waals surface area contributed by atoms with E-state index >= 15 is 0 Å². The first kappa shape index (κ1) is 15.1. The third-order valence-electron chi connectivity index (χ3n) is 2.38. The zero-order valence-corrected chi connectivity index (χ0v) is 12.2. The Kier molecular flexibility index (Phi) is 4.02. The molecule has 0 amide bonds.